The van der Waals surface area contributed by atoms with Crippen LogP contribution in [0.2, 0.25) is 0 Å². The first kappa shape index (κ1) is 33.8. The van der Waals surface area contributed by atoms with E-state index < -0.39 is 7.25 Å². The summed E-state index contributed by atoms with van der Waals surface area (Å²) in [6, 6.07) is 5.82. The normalized spacial score (nSPS) is 7.54. The molecule has 0 atom stereocenters. The minimum Gasteiger partial charge on any atom is 0 e. The van der Waals surface area contributed by atoms with Crippen LogP contribution < -0.4 is 9.47 Å². The third-order valence-electron chi connectivity index (χ3n) is 1.88. The summed E-state index contributed by atoms with van der Waals surface area (Å²) in [5.41, 5.74) is 1.13. The zero-order chi connectivity index (χ0) is 19.5. The molecule has 0 amide bonds. The number of hydrogen-bond donors (Lipinski definition) is 0. The number of methoxy groups -OCH3 is 2. The van der Waals surface area contributed by atoms with E-state index in [2.05, 4.69) is 26.9 Å². The molecule has 0 saturated carbocycles. The summed E-state index contributed by atoms with van der Waals surface area (Å²) in [5, 5.41) is 0. The van der Waals surface area contributed by atoms with Crippen LogP contribution in [0.1, 0.15) is 12.5 Å². The van der Waals surface area contributed by atoms with Gasteiger partial charge in [0.15, 0.2) is 0 Å². The summed E-state index contributed by atoms with van der Waals surface area (Å²) in [7, 11) is -2.65. The molecule has 24 heavy (non-hydrogen) atoms. The van der Waals surface area contributed by atoms with Gasteiger partial charge in [-0.15, -0.1) is 0 Å². The fourth-order valence-corrected chi connectivity index (χ4v) is 1.28. The monoisotopic (exact) mass is 392 g/mol. The molecule has 11 heteroatoms. The summed E-state index contributed by atoms with van der Waals surface area (Å²) >= 11 is 0. The van der Waals surface area contributed by atoms with Crippen molar-refractivity contribution < 1.29 is 57.8 Å². The van der Waals surface area contributed by atoms with Gasteiger partial charge >= 0.3 is 41.2 Å². The molecule has 0 aliphatic heterocycles. The maximum atomic E-state index is 9.75. The SMILES string of the molecule is CCc1c(OC)cccc1OC.F[B-](F)(F)F.[C-]#[O+].[C-]#[O+].[C-]#[O+].[Mn]. The van der Waals surface area contributed by atoms with Crippen molar-refractivity contribution >= 4 is 7.25 Å². The average molecular weight is 392 g/mol. The van der Waals surface area contributed by atoms with Gasteiger partial charge in [0.1, 0.15) is 11.5 Å². The van der Waals surface area contributed by atoms with E-state index in [0.717, 1.165) is 23.5 Å². The minimum absolute atomic E-state index is 0. The molecule has 0 spiro atoms. The van der Waals surface area contributed by atoms with Crippen LogP contribution in [-0.4, -0.2) is 21.5 Å². The van der Waals surface area contributed by atoms with Gasteiger partial charge in [0.2, 0.25) is 0 Å². The second-order valence-corrected chi connectivity index (χ2v) is 2.99. The molecule has 0 N–H and O–H groups in total. The van der Waals surface area contributed by atoms with Crippen LogP contribution in [0.15, 0.2) is 18.2 Å². The van der Waals surface area contributed by atoms with Crippen molar-refractivity contribution in [2.45, 2.75) is 13.3 Å². The van der Waals surface area contributed by atoms with Crippen molar-refractivity contribution in [3.8, 4) is 11.5 Å². The average Bonchev–Trinajstić information content (AvgIpc) is 2.57. The molecule has 1 rings (SSSR count). The molecule has 0 bridgehead atoms. The predicted molar refractivity (Wildman–Crippen MR) is 70.9 cm³/mol. The van der Waals surface area contributed by atoms with Gasteiger partial charge in [-0.3, -0.25) is 0 Å². The fourth-order valence-electron chi connectivity index (χ4n) is 1.28. The van der Waals surface area contributed by atoms with Gasteiger partial charge in [-0.1, -0.05) is 13.0 Å². The van der Waals surface area contributed by atoms with Crippen molar-refractivity contribution in [2.75, 3.05) is 14.2 Å². The zero-order valence-corrected chi connectivity index (χ0v) is 14.1. The minimum atomic E-state index is -6.00. The first-order valence-electron chi connectivity index (χ1n) is 5.51. The Balaban J connectivity index is -0.0000000853. The molecule has 0 aromatic heterocycles. The van der Waals surface area contributed by atoms with Crippen molar-refractivity contribution in [3.05, 3.63) is 43.7 Å². The third-order valence-corrected chi connectivity index (χ3v) is 1.88. The van der Waals surface area contributed by atoms with Crippen molar-refractivity contribution in [1.29, 1.82) is 0 Å². The van der Waals surface area contributed by atoms with E-state index in [1.807, 2.05) is 18.2 Å². The molecule has 0 heterocycles. The third kappa shape index (κ3) is 22.6. The predicted octanol–water partition coefficient (Wildman–Crippen LogP) is 3.45. The van der Waals surface area contributed by atoms with E-state index in [0.29, 0.717) is 0 Å². The van der Waals surface area contributed by atoms with E-state index in [-0.39, 0.29) is 17.1 Å². The van der Waals surface area contributed by atoms with Gasteiger partial charge in [-0.25, -0.2) is 0 Å². The molecule has 0 fully saturated rings. The zero-order valence-electron chi connectivity index (χ0n) is 12.9. The maximum Gasteiger partial charge on any atom is 0 e. The van der Waals surface area contributed by atoms with Gasteiger partial charge in [0.05, 0.1) is 14.2 Å². The molecule has 5 nitrogen and oxygen atoms in total. The molecule has 135 valence electrons. The van der Waals surface area contributed by atoms with E-state index in [1.165, 1.54) is 0 Å². The molecule has 0 aliphatic carbocycles. The van der Waals surface area contributed by atoms with Gasteiger partial charge in [-0.05, 0) is 18.6 Å². The van der Waals surface area contributed by atoms with Crippen LogP contribution >= 0.6 is 0 Å². The summed E-state index contributed by atoms with van der Waals surface area (Å²) in [6.45, 7) is 15.6. The van der Waals surface area contributed by atoms with Crippen LogP contribution in [0, 0.1) is 20.0 Å². The van der Waals surface area contributed by atoms with Crippen LogP contribution in [0.3, 0.4) is 0 Å². The number of rotatable bonds is 3. The molecular formula is C13H14BF4MnO5-. The first-order chi connectivity index (χ1) is 10.8. The summed E-state index contributed by atoms with van der Waals surface area (Å²) < 4.78 is 71.9. The van der Waals surface area contributed by atoms with E-state index >= 15 is 0 Å². The molecule has 0 saturated heterocycles. The standard InChI is InChI=1S/C10H14O2.3CO.BF4.Mn/c1-4-8-9(11-2)6-5-7-10(8)12-3;3*1-2;2-1(3,4)5;/h5-7H,4H2,1-3H3;;;;;/q;;;;-1;. The molecule has 1 aromatic rings. The number of ether oxygens (including phenoxy) is 2. The summed E-state index contributed by atoms with van der Waals surface area (Å²) in [5.74, 6) is 1.80. The van der Waals surface area contributed by atoms with E-state index in [1.54, 1.807) is 14.2 Å². The van der Waals surface area contributed by atoms with E-state index in [4.69, 9.17) is 23.4 Å². The second kappa shape index (κ2) is 23.6. The fraction of sp³-hybridized carbons (Fsp3) is 0.308. The Morgan fingerprint density at radius 1 is 0.875 bits per heavy atom. The van der Waals surface area contributed by atoms with Gasteiger partial charge in [0.25, 0.3) is 0 Å². The molecule has 1 radical (unpaired) electrons. The topological polar surface area (TPSA) is 78.2 Å². The van der Waals surface area contributed by atoms with E-state index in [9.17, 15) is 17.3 Å². The second-order valence-electron chi connectivity index (χ2n) is 2.99. The Morgan fingerprint density at radius 3 is 1.29 bits per heavy atom. The maximum absolute atomic E-state index is 9.75. The largest absolute Gasteiger partial charge is 0 e. The molecular weight excluding hydrogens is 378 g/mol. The summed E-state index contributed by atoms with van der Waals surface area (Å²) in [4.78, 5) is 0. The Hall–Kier alpha value is -1.66. The molecule has 0 unspecified atom stereocenters. The summed E-state index contributed by atoms with van der Waals surface area (Å²) in [6.07, 6.45) is 0.924. The Morgan fingerprint density at radius 2 is 1.12 bits per heavy atom. The van der Waals surface area contributed by atoms with Gasteiger partial charge in [0, 0.05) is 22.6 Å². The first-order valence-corrected chi connectivity index (χ1v) is 5.51. The van der Waals surface area contributed by atoms with Gasteiger partial charge < -0.3 is 26.7 Å². The number of halogens is 4. The Kier molecular flexibility index (Phi) is 33.3. The Bertz CT molecular complexity index is 421. The smallest absolute Gasteiger partial charge is 0 e. The van der Waals surface area contributed by atoms with Crippen LogP contribution in [0.25, 0.3) is 0 Å². The van der Waals surface area contributed by atoms with Crippen LogP contribution in [-0.2, 0) is 37.4 Å². The quantitative estimate of drug-likeness (QED) is 0.342. The van der Waals surface area contributed by atoms with Crippen LogP contribution in [0.5, 0.6) is 11.5 Å². The van der Waals surface area contributed by atoms with Gasteiger partial charge in [-0.2, -0.15) is 0 Å². The van der Waals surface area contributed by atoms with Crippen molar-refractivity contribution in [2.24, 2.45) is 0 Å². The Labute approximate surface area is 148 Å². The molecule has 1 aromatic carbocycles. The molecule has 0 aliphatic rings. The van der Waals surface area contributed by atoms with Crippen molar-refractivity contribution in [3.63, 3.8) is 0 Å². The number of benzene rings is 1. The van der Waals surface area contributed by atoms with Crippen molar-refractivity contribution in [1.82, 2.24) is 0 Å². The number of hydrogen-bond acceptors (Lipinski definition) is 2. The van der Waals surface area contributed by atoms with Crippen LogP contribution in [0.4, 0.5) is 17.3 Å².